The average Bonchev–Trinajstić information content (AvgIpc) is 3.15. The summed E-state index contributed by atoms with van der Waals surface area (Å²) in [6, 6.07) is 9.98. The summed E-state index contributed by atoms with van der Waals surface area (Å²) in [5, 5.41) is 0. The van der Waals surface area contributed by atoms with Crippen molar-refractivity contribution in [3.05, 3.63) is 35.9 Å². The van der Waals surface area contributed by atoms with Crippen molar-refractivity contribution in [3.8, 4) is 0 Å². The lowest BCUT2D eigenvalue weighted by Gasteiger charge is -2.38. The van der Waals surface area contributed by atoms with Crippen LogP contribution in [-0.2, 0) is 4.79 Å². The van der Waals surface area contributed by atoms with Crippen LogP contribution in [0.3, 0.4) is 0 Å². The molecule has 1 amide bonds. The normalized spacial score (nSPS) is 19.9. The number of amides is 1. The third kappa shape index (κ3) is 4.20. The lowest BCUT2D eigenvalue weighted by atomic mass is 10.1. The maximum absolute atomic E-state index is 12.3. The summed E-state index contributed by atoms with van der Waals surface area (Å²) in [7, 11) is 0. The van der Waals surface area contributed by atoms with Gasteiger partial charge in [-0.05, 0) is 12.8 Å². The van der Waals surface area contributed by atoms with Gasteiger partial charge >= 0.3 is 0 Å². The number of ketones is 1. The van der Waals surface area contributed by atoms with E-state index in [0.717, 1.165) is 32.2 Å². The Morgan fingerprint density at radius 3 is 2.22 bits per heavy atom. The van der Waals surface area contributed by atoms with Crippen molar-refractivity contribution in [2.45, 2.75) is 44.6 Å². The van der Waals surface area contributed by atoms with Gasteiger partial charge < -0.3 is 4.90 Å². The van der Waals surface area contributed by atoms with E-state index < -0.39 is 0 Å². The Bertz CT molecular complexity index is 530. The van der Waals surface area contributed by atoms with Crippen LogP contribution in [0.15, 0.2) is 30.3 Å². The fraction of sp³-hybridized carbons (Fsp3) is 0.579. The first-order valence-corrected chi connectivity index (χ1v) is 8.84. The van der Waals surface area contributed by atoms with Crippen LogP contribution < -0.4 is 0 Å². The first-order chi connectivity index (χ1) is 11.2. The summed E-state index contributed by atoms with van der Waals surface area (Å²) in [5.74, 6) is 0.184. The van der Waals surface area contributed by atoms with E-state index in [1.165, 1.54) is 25.7 Å². The van der Waals surface area contributed by atoms with Crippen molar-refractivity contribution in [1.29, 1.82) is 0 Å². The van der Waals surface area contributed by atoms with Crippen LogP contribution in [0.25, 0.3) is 0 Å². The van der Waals surface area contributed by atoms with Crippen LogP contribution in [0.2, 0.25) is 0 Å². The lowest BCUT2D eigenvalue weighted by molar-refractivity contribution is -0.133. The van der Waals surface area contributed by atoms with Crippen LogP contribution in [0, 0.1) is 0 Å². The molecule has 124 valence electrons. The molecule has 0 radical (unpaired) electrons. The summed E-state index contributed by atoms with van der Waals surface area (Å²) >= 11 is 0. The molecule has 0 N–H and O–H groups in total. The molecule has 23 heavy (non-hydrogen) atoms. The Hall–Kier alpha value is -1.68. The van der Waals surface area contributed by atoms with Gasteiger partial charge in [0.05, 0.1) is 0 Å². The third-order valence-corrected chi connectivity index (χ3v) is 5.17. The standard InChI is InChI=1S/C19H26N2O2/c22-18(16-6-2-1-3-7-16)10-11-19(23)21-14-12-20(13-15-21)17-8-4-5-9-17/h1-3,6-7,17H,4-5,8-15H2. The minimum atomic E-state index is 0.0588. The van der Waals surface area contributed by atoms with Gasteiger partial charge in [-0.1, -0.05) is 43.2 Å². The maximum atomic E-state index is 12.3. The molecular weight excluding hydrogens is 288 g/mol. The highest BCUT2D eigenvalue weighted by molar-refractivity contribution is 5.97. The largest absolute Gasteiger partial charge is 0.340 e. The number of benzene rings is 1. The SMILES string of the molecule is O=C(CCC(=O)N1CCN(C2CCCC2)CC1)c1ccccc1. The summed E-state index contributed by atoms with van der Waals surface area (Å²) in [6.07, 6.45) is 5.98. The molecule has 0 aromatic heterocycles. The highest BCUT2D eigenvalue weighted by Crippen LogP contribution is 2.24. The van der Waals surface area contributed by atoms with Gasteiger partial charge in [0, 0.05) is 50.6 Å². The molecule has 0 bridgehead atoms. The quantitative estimate of drug-likeness (QED) is 0.785. The molecule has 1 saturated carbocycles. The van der Waals surface area contributed by atoms with Gasteiger partial charge in [0.15, 0.2) is 5.78 Å². The Morgan fingerprint density at radius 1 is 0.913 bits per heavy atom. The van der Waals surface area contributed by atoms with E-state index in [0.29, 0.717) is 18.4 Å². The minimum Gasteiger partial charge on any atom is -0.340 e. The highest BCUT2D eigenvalue weighted by atomic mass is 16.2. The number of hydrogen-bond donors (Lipinski definition) is 0. The Labute approximate surface area is 138 Å². The maximum Gasteiger partial charge on any atom is 0.223 e. The van der Waals surface area contributed by atoms with Crippen molar-refractivity contribution in [2.24, 2.45) is 0 Å². The van der Waals surface area contributed by atoms with Gasteiger partial charge in [-0.2, -0.15) is 0 Å². The third-order valence-electron chi connectivity index (χ3n) is 5.17. The van der Waals surface area contributed by atoms with E-state index in [4.69, 9.17) is 0 Å². The molecule has 1 heterocycles. The fourth-order valence-electron chi connectivity index (χ4n) is 3.75. The Kier molecular flexibility index (Phi) is 5.44. The number of carbonyl (C=O) groups excluding carboxylic acids is 2. The van der Waals surface area contributed by atoms with E-state index in [1.807, 2.05) is 35.2 Å². The first kappa shape index (κ1) is 16.2. The molecule has 1 aliphatic heterocycles. The molecule has 3 rings (SSSR count). The zero-order chi connectivity index (χ0) is 16.1. The second kappa shape index (κ2) is 7.73. The molecule has 2 fully saturated rings. The zero-order valence-corrected chi connectivity index (χ0v) is 13.7. The monoisotopic (exact) mass is 314 g/mol. The number of hydrogen-bond acceptors (Lipinski definition) is 3. The van der Waals surface area contributed by atoms with Gasteiger partial charge in [0.1, 0.15) is 0 Å². The van der Waals surface area contributed by atoms with E-state index in [1.54, 1.807) is 0 Å². The number of nitrogens with zero attached hydrogens (tertiary/aromatic N) is 2. The molecule has 4 heteroatoms. The predicted octanol–water partition coefficient (Wildman–Crippen LogP) is 2.74. The summed E-state index contributed by atoms with van der Waals surface area (Å²) in [6.45, 7) is 3.61. The van der Waals surface area contributed by atoms with Crippen molar-refractivity contribution < 1.29 is 9.59 Å². The molecule has 0 atom stereocenters. The number of rotatable bonds is 5. The van der Waals surface area contributed by atoms with E-state index in [2.05, 4.69) is 4.90 Å². The van der Waals surface area contributed by atoms with Crippen molar-refractivity contribution >= 4 is 11.7 Å². The predicted molar refractivity (Wildman–Crippen MR) is 90.4 cm³/mol. The summed E-state index contributed by atoms with van der Waals surface area (Å²) in [4.78, 5) is 28.9. The van der Waals surface area contributed by atoms with Gasteiger partial charge in [-0.15, -0.1) is 0 Å². The first-order valence-electron chi connectivity index (χ1n) is 8.84. The van der Waals surface area contributed by atoms with Gasteiger partial charge in [-0.25, -0.2) is 0 Å². The zero-order valence-electron chi connectivity index (χ0n) is 13.7. The summed E-state index contributed by atoms with van der Waals surface area (Å²) in [5.41, 5.74) is 0.700. The minimum absolute atomic E-state index is 0.0588. The molecule has 2 aliphatic rings. The number of Topliss-reactive ketones (excluding diaryl/α,β-unsaturated/α-hetero) is 1. The fourth-order valence-corrected chi connectivity index (χ4v) is 3.75. The Balaban J connectivity index is 1.42. The van der Waals surface area contributed by atoms with Gasteiger partial charge in [0.2, 0.25) is 5.91 Å². The van der Waals surface area contributed by atoms with Crippen molar-refractivity contribution in [2.75, 3.05) is 26.2 Å². The smallest absolute Gasteiger partial charge is 0.223 e. The van der Waals surface area contributed by atoms with Gasteiger partial charge in [-0.3, -0.25) is 14.5 Å². The molecule has 1 saturated heterocycles. The van der Waals surface area contributed by atoms with Crippen LogP contribution >= 0.6 is 0 Å². The second-order valence-electron chi connectivity index (χ2n) is 6.64. The van der Waals surface area contributed by atoms with E-state index in [-0.39, 0.29) is 11.7 Å². The highest BCUT2D eigenvalue weighted by Gasteiger charge is 2.27. The van der Waals surface area contributed by atoms with Crippen molar-refractivity contribution in [3.63, 3.8) is 0 Å². The Morgan fingerprint density at radius 2 is 1.57 bits per heavy atom. The number of piperazine rings is 1. The lowest BCUT2D eigenvalue weighted by Crippen LogP contribution is -2.51. The molecule has 1 aromatic carbocycles. The van der Waals surface area contributed by atoms with Crippen LogP contribution in [0.1, 0.15) is 48.9 Å². The van der Waals surface area contributed by atoms with Gasteiger partial charge in [0.25, 0.3) is 0 Å². The molecule has 0 unspecified atom stereocenters. The number of carbonyl (C=O) groups is 2. The van der Waals surface area contributed by atoms with Crippen LogP contribution in [0.4, 0.5) is 0 Å². The molecule has 1 aliphatic carbocycles. The van der Waals surface area contributed by atoms with Crippen molar-refractivity contribution in [1.82, 2.24) is 9.80 Å². The molecule has 1 aromatic rings. The molecule has 4 nitrogen and oxygen atoms in total. The topological polar surface area (TPSA) is 40.6 Å². The van der Waals surface area contributed by atoms with Crippen LogP contribution in [0.5, 0.6) is 0 Å². The second-order valence-corrected chi connectivity index (χ2v) is 6.64. The van der Waals surface area contributed by atoms with E-state index in [9.17, 15) is 9.59 Å². The molecule has 0 spiro atoms. The summed E-state index contributed by atoms with van der Waals surface area (Å²) < 4.78 is 0. The average molecular weight is 314 g/mol. The van der Waals surface area contributed by atoms with Crippen LogP contribution in [-0.4, -0.2) is 53.7 Å². The van der Waals surface area contributed by atoms with E-state index >= 15 is 0 Å². The molecular formula is C19H26N2O2.